The van der Waals surface area contributed by atoms with Gasteiger partial charge in [0.1, 0.15) is 18.2 Å². The van der Waals surface area contributed by atoms with Crippen molar-refractivity contribution >= 4 is 5.91 Å². The van der Waals surface area contributed by atoms with Gasteiger partial charge in [-0.25, -0.2) is 9.48 Å². The monoisotopic (exact) mass is 372 g/mol. The molecule has 0 aliphatic carbocycles. The first-order valence-corrected chi connectivity index (χ1v) is 9.66. The number of aromatic nitrogens is 3. The van der Waals surface area contributed by atoms with Gasteiger partial charge in [-0.3, -0.25) is 9.36 Å². The van der Waals surface area contributed by atoms with Gasteiger partial charge in [0.05, 0.1) is 6.54 Å². The molecule has 1 N–H and O–H groups in total. The zero-order chi connectivity index (χ0) is 19.2. The molecule has 0 saturated carbocycles. The number of hydrogen-bond acceptors (Lipinski definition) is 4. The number of carbonyl (C=O) groups excluding carboxylic acids is 1. The molecule has 1 aromatic heterocycles. The van der Waals surface area contributed by atoms with Crippen molar-refractivity contribution in [2.24, 2.45) is 11.8 Å². The Morgan fingerprint density at radius 2 is 2.07 bits per heavy atom. The molecular formula is C20H28N4O3. The molecule has 0 spiro atoms. The molecule has 0 radical (unpaired) electrons. The van der Waals surface area contributed by atoms with Crippen LogP contribution in [0.5, 0.6) is 5.75 Å². The number of nitrogens with zero attached hydrogens (tertiary/aromatic N) is 3. The van der Waals surface area contributed by atoms with E-state index < -0.39 is 0 Å². The standard InChI is InChI=1S/C20H28N4O3/c1-15(2)14-21-19(25)16-8-9-18-22-24(20(26)23(18)11-10-16)12-13-27-17-6-4-3-5-7-17/h3-7,15-16H,8-14H2,1-2H3,(H,21,25). The Morgan fingerprint density at radius 1 is 1.30 bits per heavy atom. The van der Waals surface area contributed by atoms with Gasteiger partial charge in [0.25, 0.3) is 0 Å². The lowest BCUT2D eigenvalue weighted by atomic mass is 9.99. The molecule has 0 bridgehead atoms. The minimum atomic E-state index is -0.120. The number of rotatable bonds is 7. The zero-order valence-corrected chi connectivity index (χ0v) is 16.1. The fourth-order valence-corrected chi connectivity index (χ4v) is 3.25. The quantitative estimate of drug-likeness (QED) is 0.805. The second-order valence-electron chi connectivity index (χ2n) is 7.40. The number of nitrogens with one attached hydrogen (secondary N) is 1. The van der Waals surface area contributed by atoms with Gasteiger partial charge in [-0.1, -0.05) is 32.0 Å². The van der Waals surface area contributed by atoms with Crippen molar-refractivity contribution in [3.8, 4) is 5.75 Å². The summed E-state index contributed by atoms with van der Waals surface area (Å²) in [7, 11) is 0. The van der Waals surface area contributed by atoms with Crippen molar-refractivity contribution in [3.05, 3.63) is 46.6 Å². The molecular weight excluding hydrogens is 344 g/mol. The molecule has 27 heavy (non-hydrogen) atoms. The van der Waals surface area contributed by atoms with Crippen LogP contribution in [0.3, 0.4) is 0 Å². The highest BCUT2D eigenvalue weighted by Crippen LogP contribution is 2.18. The van der Waals surface area contributed by atoms with E-state index in [4.69, 9.17) is 4.74 Å². The summed E-state index contributed by atoms with van der Waals surface area (Å²) in [5, 5.41) is 7.46. The highest BCUT2D eigenvalue weighted by atomic mass is 16.5. The van der Waals surface area contributed by atoms with Crippen LogP contribution in [0, 0.1) is 11.8 Å². The Labute approximate surface area is 159 Å². The number of para-hydroxylation sites is 1. The Kier molecular flexibility index (Phi) is 6.32. The number of ether oxygens (including phenoxy) is 1. The molecule has 1 aliphatic heterocycles. The predicted octanol–water partition coefficient (Wildman–Crippen LogP) is 1.85. The Morgan fingerprint density at radius 3 is 2.81 bits per heavy atom. The third-order valence-electron chi connectivity index (χ3n) is 4.79. The van der Waals surface area contributed by atoms with Gasteiger partial charge < -0.3 is 10.1 Å². The summed E-state index contributed by atoms with van der Waals surface area (Å²) in [4.78, 5) is 24.9. The van der Waals surface area contributed by atoms with Crippen molar-refractivity contribution < 1.29 is 9.53 Å². The molecule has 7 nitrogen and oxygen atoms in total. The van der Waals surface area contributed by atoms with Crippen molar-refractivity contribution in [2.75, 3.05) is 13.2 Å². The average Bonchev–Trinajstić information content (AvgIpc) is 2.83. The molecule has 1 amide bonds. The van der Waals surface area contributed by atoms with E-state index in [1.165, 1.54) is 4.68 Å². The fourth-order valence-electron chi connectivity index (χ4n) is 3.25. The van der Waals surface area contributed by atoms with E-state index in [-0.39, 0.29) is 17.5 Å². The van der Waals surface area contributed by atoms with E-state index in [1.807, 2.05) is 30.3 Å². The number of fused-ring (bicyclic) bond motifs is 1. The summed E-state index contributed by atoms with van der Waals surface area (Å²) in [6.45, 7) is 6.17. The second-order valence-corrected chi connectivity index (χ2v) is 7.40. The van der Waals surface area contributed by atoms with Gasteiger partial charge in [0.2, 0.25) is 5.91 Å². The first kappa shape index (κ1) is 19.2. The van der Waals surface area contributed by atoms with Crippen molar-refractivity contribution in [3.63, 3.8) is 0 Å². The van der Waals surface area contributed by atoms with Gasteiger partial charge in [0.15, 0.2) is 0 Å². The maximum absolute atomic E-state index is 12.6. The van der Waals surface area contributed by atoms with Crippen LogP contribution in [0.15, 0.2) is 35.1 Å². The highest BCUT2D eigenvalue weighted by molar-refractivity contribution is 5.78. The first-order valence-electron chi connectivity index (χ1n) is 9.66. The largest absolute Gasteiger partial charge is 0.492 e. The molecule has 7 heteroatoms. The van der Waals surface area contributed by atoms with E-state index in [0.29, 0.717) is 45.0 Å². The molecule has 2 aromatic rings. The second kappa shape index (κ2) is 8.88. The van der Waals surface area contributed by atoms with Crippen LogP contribution in [-0.2, 0) is 24.3 Å². The summed E-state index contributed by atoms with van der Waals surface area (Å²) in [5.41, 5.74) is -0.120. The molecule has 1 aromatic carbocycles. The van der Waals surface area contributed by atoms with Crippen LogP contribution in [0.2, 0.25) is 0 Å². The summed E-state index contributed by atoms with van der Waals surface area (Å²) >= 11 is 0. The SMILES string of the molecule is CC(C)CNC(=O)C1CCc2nn(CCOc3ccccc3)c(=O)n2CC1. The average molecular weight is 372 g/mol. The minimum Gasteiger partial charge on any atom is -0.492 e. The fraction of sp³-hybridized carbons (Fsp3) is 0.550. The van der Waals surface area contributed by atoms with Gasteiger partial charge in [-0.05, 0) is 30.9 Å². The zero-order valence-electron chi connectivity index (χ0n) is 16.1. The summed E-state index contributed by atoms with van der Waals surface area (Å²) in [5.74, 6) is 2.01. The maximum Gasteiger partial charge on any atom is 0.346 e. The summed E-state index contributed by atoms with van der Waals surface area (Å²) in [6.07, 6.45) is 2.03. The van der Waals surface area contributed by atoms with Crippen LogP contribution in [-0.4, -0.2) is 33.4 Å². The van der Waals surface area contributed by atoms with Crippen LogP contribution >= 0.6 is 0 Å². The van der Waals surface area contributed by atoms with Crippen LogP contribution in [0.1, 0.15) is 32.5 Å². The number of aryl methyl sites for hydroxylation is 1. The van der Waals surface area contributed by atoms with E-state index in [9.17, 15) is 9.59 Å². The van der Waals surface area contributed by atoms with Gasteiger partial charge >= 0.3 is 5.69 Å². The minimum absolute atomic E-state index is 0.0558. The van der Waals surface area contributed by atoms with Crippen LogP contribution in [0.4, 0.5) is 0 Å². The van der Waals surface area contributed by atoms with Gasteiger partial charge in [-0.15, -0.1) is 0 Å². The van der Waals surface area contributed by atoms with Gasteiger partial charge in [0, 0.05) is 25.4 Å². The molecule has 146 valence electrons. The lowest BCUT2D eigenvalue weighted by Crippen LogP contribution is -2.34. The van der Waals surface area contributed by atoms with Crippen LogP contribution < -0.4 is 15.7 Å². The third kappa shape index (κ3) is 4.99. The molecule has 3 rings (SSSR count). The molecule has 0 fully saturated rings. The Hall–Kier alpha value is -2.57. The Bertz CT molecular complexity index is 810. The summed E-state index contributed by atoms with van der Waals surface area (Å²) < 4.78 is 8.83. The van der Waals surface area contributed by atoms with Crippen LogP contribution in [0.25, 0.3) is 0 Å². The molecule has 2 heterocycles. The van der Waals surface area contributed by atoms with E-state index in [0.717, 1.165) is 18.0 Å². The first-order chi connectivity index (χ1) is 13.0. The summed E-state index contributed by atoms with van der Waals surface area (Å²) in [6, 6.07) is 9.52. The lowest BCUT2D eigenvalue weighted by molar-refractivity contribution is -0.125. The smallest absolute Gasteiger partial charge is 0.346 e. The van der Waals surface area contributed by atoms with Gasteiger partial charge in [-0.2, -0.15) is 5.10 Å². The Balaban J connectivity index is 1.56. The molecule has 1 aliphatic rings. The van der Waals surface area contributed by atoms with Crippen molar-refractivity contribution in [2.45, 2.75) is 46.2 Å². The normalized spacial score (nSPS) is 16.6. The molecule has 1 unspecified atom stereocenters. The third-order valence-corrected chi connectivity index (χ3v) is 4.79. The lowest BCUT2D eigenvalue weighted by Gasteiger charge is -2.15. The molecule has 1 atom stereocenters. The topological polar surface area (TPSA) is 78.2 Å². The number of benzene rings is 1. The number of amides is 1. The maximum atomic E-state index is 12.6. The molecule has 0 saturated heterocycles. The highest BCUT2D eigenvalue weighted by Gasteiger charge is 2.25. The van der Waals surface area contributed by atoms with E-state index in [1.54, 1.807) is 4.57 Å². The number of hydrogen-bond donors (Lipinski definition) is 1. The van der Waals surface area contributed by atoms with Crippen molar-refractivity contribution in [1.29, 1.82) is 0 Å². The number of carbonyl (C=O) groups is 1. The van der Waals surface area contributed by atoms with E-state index >= 15 is 0 Å². The van der Waals surface area contributed by atoms with E-state index in [2.05, 4.69) is 24.3 Å². The predicted molar refractivity (Wildman–Crippen MR) is 103 cm³/mol. The van der Waals surface area contributed by atoms with Crippen molar-refractivity contribution in [1.82, 2.24) is 19.7 Å².